The van der Waals surface area contributed by atoms with Gasteiger partial charge in [0.2, 0.25) is 0 Å². The molecule has 0 aliphatic rings. The third-order valence-electron chi connectivity index (χ3n) is 3.07. The Balaban J connectivity index is 3.13. The Morgan fingerprint density at radius 1 is 0.588 bits per heavy atom. The van der Waals surface area contributed by atoms with Crippen LogP contribution < -0.4 is 0 Å². The number of hydrogen-bond acceptors (Lipinski definition) is 0. The minimum Gasteiger partial charge on any atom is -0.0988 e. The minimum atomic E-state index is 1.11. The Morgan fingerprint density at radius 3 is 1.18 bits per heavy atom. The highest BCUT2D eigenvalue weighted by molar-refractivity contribution is 5.10. The summed E-state index contributed by atoms with van der Waals surface area (Å²) in [4.78, 5) is 0. The van der Waals surface area contributed by atoms with Crippen LogP contribution in [0.5, 0.6) is 0 Å². The Hall–Kier alpha value is -1.04. The summed E-state index contributed by atoms with van der Waals surface area (Å²) < 4.78 is 0. The van der Waals surface area contributed by atoms with Crippen molar-refractivity contribution in [1.82, 2.24) is 0 Å². The van der Waals surface area contributed by atoms with Gasteiger partial charge in [0.15, 0.2) is 0 Å². The van der Waals surface area contributed by atoms with Gasteiger partial charge in [-0.25, -0.2) is 0 Å². The largest absolute Gasteiger partial charge is 0.0988 e. The van der Waals surface area contributed by atoms with E-state index in [1.807, 2.05) is 12.2 Å². The third kappa shape index (κ3) is 11.2. The van der Waals surface area contributed by atoms with Crippen molar-refractivity contribution < 1.29 is 0 Å². The van der Waals surface area contributed by atoms with E-state index >= 15 is 0 Å². The van der Waals surface area contributed by atoms with Crippen LogP contribution >= 0.6 is 0 Å². The fourth-order valence-corrected chi connectivity index (χ4v) is 1.79. The van der Waals surface area contributed by atoms with E-state index in [1.165, 1.54) is 56.1 Å². The van der Waals surface area contributed by atoms with Gasteiger partial charge in [-0.05, 0) is 25.7 Å². The average molecular weight is 232 g/mol. The highest BCUT2D eigenvalue weighted by Gasteiger charge is 1.94. The Labute approximate surface area is 108 Å². The smallest absolute Gasteiger partial charge is 0.0285 e. The van der Waals surface area contributed by atoms with Gasteiger partial charge in [0.05, 0.1) is 0 Å². The molecule has 0 radical (unpaired) electrons. The SMILES string of the molecule is C=CC(=C)CCCCCCCCCC(=C)C=C. The Bertz CT molecular complexity index is 219. The molecule has 0 N–H and O–H groups in total. The summed E-state index contributed by atoms with van der Waals surface area (Å²) in [6.45, 7) is 15.3. The summed E-state index contributed by atoms with van der Waals surface area (Å²) in [6.07, 6.45) is 15.2. The van der Waals surface area contributed by atoms with E-state index in [9.17, 15) is 0 Å². The van der Waals surface area contributed by atoms with Crippen LogP contribution in [0.15, 0.2) is 49.6 Å². The van der Waals surface area contributed by atoms with Gasteiger partial charge < -0.3 is 0 Å². The normalized spacial score (nSPS) is 9.88. The van der Waals surface area contributed by atoms with E-state index in [4.69, 9.17) is 0 Å². The maximum absolute atomic E-state index is 3.92. The van der Waals surface area contributed by atoms with Crippen molar-refractivity contribution in [2.24, 2.45) is 0 Å². The molecule has 0 heteroatoms. The molecule has 0 aromatic heterocycles. The summed E-state index contributed by atoms with van der Waals surface area (Å²) in [7, 11) is 0. The fourth-order valence-electron chi connectivity index (χ4n) is 1.79. The van der Waals surface area contributed by atoms with E-state index < -0.39 is 0 Å². The standard InChI is InChI=1S/C17H28/c1-5-16(3)14-12-10-8-7-9-11-13-15-17(4)6-2/h5-6H,1-4,7-15H2. The van der Waals surface area contributed by atoms with Crippen molar-refractivity contribution in [2.75, 3.05) is 0 Å². The summed E-state index contributed by atoms with van der Waals surface area (Å²) in [5, 5.41) is 0. The Morgan fingerprint density at radius 2 is 0.882 bits per heavy atom. The molecule has 0 aromatic rings. The molecule has 0 bridgehead atoms. The van der Waals surface area contributed by atoms with Crippen LogP contribution in [0.1, 0.15) is 57.8 Å². The van der Waals surface area contributed by atoms with Crippen molar-refractivity contribution >= 4 is 0 Å². The predicted octanol–water partition coefficient (Wildman–Crippen LogP) is 5.98. The molecule has 0 nitrogen and oxygen atoms in total. The first kappa shape index (κ1) is 16.0. The van der Waals surface area contributed by atoms with Crippen molar-refractivity contribution in [3.8, 4) is 0 Å². The molecular formula is C17H28. The summed E-state index contributed by atoms with van der Waals surface area (Å²) in [6, 6.07) is 0. The van der Waals surface area contributed by atoms with Crippen molar-refractivity contribution in [3.05, 3.63) is 49.6 Å². The maximum atomic E-state index is 3.92. The second-order valence-electron chi connectivity index (χ2n) is 4.70. The average Bonchev–Trinajstić information content (AvgIpc) is 2.35. The van der Waals surface area contributed by atoms with Crippen LogP contribution in [0, 0.1) is 0 Å². The molecule has 0 fully saturated rings. The van der Waals surface area contributed by atoms with Crippen LogP contribution in [-0.4, -0.2) is 0 Å². The summed E-state index contributed by atoms with van der Waals surface area (Å²) in [5.74, 6) is 0. The van der Waals surface area contributed by atoms with Gasteiger partial charge in [-0.15, -0.1) is 0 Å². The van der Waals surface area contributed by atoms with Crippen LogP contribution in [0.3, 0.4) is 0 Å². The minimum absolute atomic E-state index is 1.11. The molecule has 0 aromatic carbocycles. The zero-order valence-electron chi connectivity index (χ0n) is 11.3. The van der Waals surface area contributed by atoms with Crippen molar-refractivity contribution in [3.63, 3.8) is 0 Å². The lowest BCUT2D eigenvalue weighted by atomic mass is 10.0. The summed E-state index contributed by atoms with van der Waals surface area (Å²) in [5.41, 5.74) is 2.35. The highest BCUT2D eigenvalue weighted by atomic mass is 14.0. The molecular weight excluding hydrogens is 204 g/mol. The van der Waals surface area contributed by atoms with Crippen LogP contribution in [-0.2, 0) is 0 Å². The van der Waals surface area contributed by atoms with Gasteiger partial charge in [0, 0.05) is 0 Å². The molecule has 0 heterocycles. The van der Waals surface area contributed by atoms with Gasteiger partial charge in [0.1, 0.15) is 0 Å². The second kappa shape index (κ2) is 11.4. The second-order valence-corrected chi connectivity index (χ2v) is 4.70. The van der Waals surface area contributed by atoms with Gasteiger partial charge in [-0.2, -0.15) is 0 Å². The molecule has 96 valence electrons. The van der Waals surface area contributed by atoms with Crippen LogP contribution in [0.25, 0.3) is 0 Å². The fraction of sp³-hybridized carbons (Fsp3) is 0.529. The molecule has 0 aliphatic carbocycles. The van der Waals surface area contributed by atoms with E-state index in [0.29, 0.717) is 0 Å². The first-order valence-electron chi connectivity index (χ1n) is 6.81. The highest BCUT2D eigenvalue weighted by Crippen LogP contribution is 2.13. The molecule has 0 aliphatic heterocycles. The van der Waals surface area contributed by atoms with Gasteiger partial charge in [-0.3, -0.25) is 0 Å². The lowest BCUT2D eigenvalue weighted by molar-refractivity contribution is 0.580. The molecule has 0 rings (SSSR count). The van der Waals surface area contributed by atoms with Gasteiger partial charge in [-0.1, -0.05) is 81.7 Å². The zero-order chi connectivity index (χ0) is 12.9. The zero-order valence-corrected chi connectivity index (χ0v) is 11.3. The third-order valence-corrected chi connectivity index (χ3v) is 3.07. The molecule has 0 saturated carbocycles. The molecule has 0 atom stereocenters. The van der Waals surface area contributed by atoms with Gasteiger partial charge >= 0.3 is 0 Å². The van der Waals surface area contributed by atoms with Crippen LogP contribution in [0.2, 0.25) is 0 Å². The first-order chi connectivity index (χ1) is 8.20. The van der Waals surface area contributed by atoms with Crippen LogP contribution in [0.4, 0.5) is 0 Å². The summed E-state index contributed by atoms with van der Waals surface area (Å²) >= 11 is 0. The number of allylic oxidation sites excluding steroid dienone is 4. The number of rotatable bonds is 12. The van der Waals surface area contributed by atoms with Crippen molar-refractivity contribution in [2.45, 2.75) is 57.8 Å². The van der Waals surface area contributed by atoms with Gasteiger partial charge in [0.25, 0.3) is 0 Å². The quantitative estimate of drug-likeness (QED) is 0.287. The molecule has 0 unspecified atom stereocenters. The van der Waals surface area contributed by atoms with E-state index in [2.05, 4.69) is 26.3 Å². The van der Waals surface area contributed by atoms with E-state index in [1.54, 1.807) is 0 Å². The predicted molar refractivity (Wildman–Crippen MR) is 80.2 cm³/mol. The lowest BCUT2D eigenvalue weighted by Gasteiger charge is -2.03. The van der Waals surface area contributed by atoms with E-state index in [-0.39, 0.29) is 0 Å². The number of hydrogen-bond donors (Lipinski definition) is 0. The Kier molecular flexibility index (Phi) is 10.7. The molecule has 17 heavy (non-hydrogen) atoms. The maximum Gasteiger partial charge on any atom is -0.0285 e. The topological polar surface area (TPSA) is 0 Å². The first-order valence-corrected chi connectivity index (χ1v) is 6.81. The molecule has 0 saturated heterocycles. The van der Waals surface area contributed by atoms with E-state index in [0.717, 1.165) is 12.8 Å². The monoisotopic (exact) mass is 232 g/mol. The van der Waals surface area contributed by atoms with Crippen molar-refractivity contribution in [1.29, 1.82) is 0 Å². The lowest BCUT2D eigenvalue weighted by Crippen LogP contribution is -1.83. The molecule has 0 spiro atoms. The number of unbranched alkanes of at least 4 members (excludes halogenated alkanes) is 6. The molecule has 0 amide bonds.